The second-order valence-electron chi connectivity index (χ2n) is 5.62. The van der Waals surface area contributed by atoms with Crippen LogP contribution in [0.5, 0.6) is 0 Å². The lowest BCUT2D eigenvalue weighted by Gasteiger charge is -2.27. The summed E-state index contributed by atoms with van der Waals surface area (Å²) in [5.41, 5.74) is 6.99. The topological polar surface area (TPSA) is 67.4 Å². The van der Waals surface area contributed by atoms with Gasteiger partial charge in [-0.2, -0.15) is 5.10 Å². The molecule has 6 nitrogen and oxygen atoms in total. The lowest BCUT2D eigenvalue weighted by molar-refractivity contribution is -0.131. The van der Waals surface area contributed by atoms with Gasteiger partial charge in [0.05, 0.1) is 6.20 Å². The second-order valence-corrected chi connectivity index (χ2v) is 5.62. The van der Waals surface area contributed by atoms with Crippen LogP contribution in [-0.4, -0.2) is 58.2 Å². The van der Waals surface area contributed by atoms with E-state index in [0.29, 0.717) is 13.0 Å². The SMILES string of the molecule is CN(Cc1cnn(C)c1)C(CN)CC(=O)N1CCCC1. The number of amides is 1. The van der Waals surface area contributed by atoms with E-state index in [0.717, 1.165) is 38.0 Å². The number of carbonyl (C=O) groups excluding carboxylic acids is 1. The zero-order chi connectivity index (χ0) is 14.5. The largest absolute Gasteiger partial charge is 0.343 e. The summed E-state index contributed by atoms with van der Waals surface area (Å²) in [5.74, 6) is 0.232. The molecule has 1 aromatic rings. The Hall–Kier alpha value is -1.40. The van der Waals surface area contributed by atoms with Crippen LogP contribution < -0.4 is 5.73 Å². The molecule has 2 heterocycles. The summed E-state index contributed by atoms with van der Waals surface area (Å²) in [6.07, 6.45) is 6.61. The van der Waals surface area contributed by atoms with Gasteiger partial charge in [-0.1, -0.05) is 0 Å². The molecule has 0 aromatic carbocycles. The number of nitrogens with zero attached hydrogens (tertiary/aromatic N) is 4. The number of hydrogen-bond acceptors (Lipinski definition) is 4. The van der Waals surface area contributed by atoms with Gasteiger partial charge in [0, 0.05) is 57.4 Å². The fraction of sp³-hybridized carbons (Fsp3) is 0.714. The summed E-state index contributed by atoms with van der Waals surface area (Å²) < 4.78 is 1.79. The van der Waals surface area contributed by atoms with Crippen LogP contribution >= 0.6 is 0 Å². The molecule has 6 heteroatoms. The zero-order valence-corrected chi connectivity index (χ0v) is 12.5. The van der Waals surface area contributed by atoms with Crippen molar-refractivity contribution in [2.24, 2.45) is 12.8 Å². The van der Waals surface area contributed by atoms with E-state index in [2.05, 4.69) is 10.00 Å². The third-order valence-corrected chi connectivity index (χ3v) is 3.95. The third-order valence-electron chi connectivity index (χ3n) is 3.95. The number of rotatable bonds is 6. The molecule has 0 bridgehead atoms. The van der Waals surface area contributed by atoms with Crippen molar-refractivity contribution < 1.29 is 4.79 Å². The lowest BCUT2D eigenvalue weighted by atomic mass is 10.1. The quantitative estimate of drug-likeness (QED) is 0.807. The van der Waals surface area contributed by atoms with Crippen LogP contribution in [-0.2, 0) is 18.4 Å². The molecule has 0 aliphatic carbocycles. The number of hydrogen-bond donors (Lipinski definition) is 1. The van der Waals surface area contributed by atoms with Crippen molar-refractivity contribution >= 4 is 5.91 Å². The molecule has 1 aliphatic heterocycles. The fourth-order valence-corrected chi connectivity index (χ4v) is 2.69. The van der Waals surface area contributed by atoms with Crippen LogP contribution in [0.25, 0.3) is 0 Å². The minimum Gasteiger partial charge on any atom is -0.343 e. The van der Waals surface area contributed by atoms with Gasteiger partial charge in [0.15, 0.2) is 0 Å². The maximum Gasteiger partial charge on any atom is 0.224 e. The average molecular weight is 279 g/mol. The highest BCUT2D eigenvalue weighted by Gasteiger charge is 2.23. The van der Waals surface area contributed by atoms with Crippen LogP contribution in [0, 0.1) is 0 Å². The Bertz CT molecular complexity index is 439. The molecule has 2 N–H and O–H groups in total. The molecule has 20 heavy (non-hydrogen) atoms. The first-order chi connectivity index (χ1) is 9.60. The molecule has 1 atom stereocenters. The fourth-order valence-electron chi connectivity index (χ4n) is 2.69. The summed E-state index contributed by atoms with van der Waals surface area (Å²) in [4.78, 5) is 16.3. The zero-order valence-electron chi connectivity index (χ0n) is 12.5. The predicted octanol–water partition coefficient (Wildman–Crippen LogP) is 0.192. The summed E-state index contributed by atoms with van der Waals surface area (Å²) in [7, 11) is 3.92. The van der Waals surface area contributed by atoms with Crippen molar-refractivity contribution in [1.29, 1.82) is 0 Å². The van der Waals surface area contributed by atoms with Gasteiger partial charge in [-0.05, 0) is 19.9 Å². The van der Waals surface area contributed by atoms with Crippen molar-refractivity contribution in [3.63, 3.8) is 0 Å². The lowest BCUT2D eigenvalue weighted by Crippen LogP contribution is -2.42. The van der Waals surface area contributed by atoms with Gasteiger partial charge < -0.3 is 10.6 Å². The normalized spacial score (nSPS) is 16.9. The molecule has 1 amide bonds. The Kier molecular flexibility index (Phi) is 5.14. The highest BCUT2D eigenvalue weighted by molar-refractivity contribution is 5.77. The van der Waals surface area contributed by atoms with Gasteiger partial charge in [-0.25, -0.2) is 0 Å². The Morgan fingerprint density at radius 2 is 2.20 bits per heavy atom. The minimum absolute atomic E-state index is 0.0864. The van der Waals surface area contributed by atoms with Gasteiger partial charge in [0.2, 0.25) is 5.91 Å². The first kappa shape index (κ1) is 15.0. The second kappa shape index (κ2) is 6.85. The van der Waals surface area contributed by atoms with Crippen LogP contribution in [0.1, 0.15) is 24.8 Å². The van der Waals surface area contributed by atoms with Crippen molar-refractivity contribution in [2.45, 2.75) is 31.8 Å². The predicted molar refractivity (Wildman–Crippen MR) is 77.9 cm³/mol. The van der Waals surface area contributed by atoms with Crippen molar-refractivity contribution in [1.82, 2.24) is 19.6 Å². The summed E-state index contributed by atoms with van der Waals surface area (Å²) in [6, 6.07) is 0.0864. The molecule has 1 unspecified atom stereocenters. The van der Waals surface area contributed by atoms with Crippen LogP contribution in [0.4, 0.5) is 0 Å². The monoisotopic (exact) mass is 279 g/mol. The highest BCUT2D eigenvalue weighted by atomic mass is 16.2. The van der Waals surface area contributed by atoms with E-state index in [1.54, 1.807) is 4.68 Å². The van der Waals surface area contributed by atoms with Gasteiger partial charge >= 0.3 is 0 Å². The van der Waals surface area contributed by atoms with E-state index in [9.17, 15) is 4.79 Å². The molecular weight excluding hydrogens is 254 g/mol. The van der Waals surface area contributed by atoms with Crippen LogP contribution in [0.15, 0.2) is 12.4 Å². The van der Waals surface area contributed by atoms with Gasteiger partial charge in [-0.15, -0.1) is 0 Å². The molecular formula is C14H25N5O. The van der Waals surface area contributed by atoms with Gasteiger partial charge in [0.25, 0.3) is 0 Å². The molecule has 1 saturated heterocycles. The van der Waals surface area contributed by atoms with E-state index < -0.39 is 0 Å². The van der Waals surface area contributed by atoms with E-state index in [4.69, 9.17) is 5.73 Å². The average Bonchev–Trinajstić information content (AvgIpc) is 3.07. The van der Waals surface area contributed by atoms with Gasteiger partial charge in [-0.3, -0.25) is 14.4 Å². The summed E-state index contributed by atoms with van der Waals surface area (Å²) in [6.45, 7) is 3.07. The molecule has 0 spiro atoms. The minimum atomic E-state index is 0.0864. The Morgan fingerprint density at radius 3 is 2.75 bits per heavy atom. The Balaban J connectivity index is 1.88. The first-order valence-electron chi connectivity index (χ1n) is 7.25. The standard InChI is InChI=1S/C14H25N5O/c1-17(10-12-9-16-18(2)11-12)13(8-15)7-14(20)19-5-3-4-6-19/h9,11,13H,3-8,10,15H2,1-2H3. The molecule has 112 valence electrons. The number of carbonyl (C=O) groups is 1. The maximum absolute atomic E-state index is 12.2. The van der Waals surface area contributed by atoms with Crippen molar-refractivity contribution in [3.05, 3.63) is 18.0 Å². The Morgan fingerprint density at radius 1 is 1.50 bits per heavy atom. The van der Waals surface area contributed by atoms with Crippen molar-refractivity contribution in [2.75, 3.05) is 26.7 Å². The third kappa shape index (κ3) is 3.80. The van der Waals surface area contributed by atoms with Crippen molar-refractivity contribution in [3.8, 4) is 0 Å². The summed E-state index contributed by atoms with van der Waals surface area (Å²) >= 11 is 0. The molecule has 0 radical (unpaired) electrons. The van der Waals surface area contributed by atoms with E-state index in [-0.39, 0.29) is 11.9 Å². The number of aryl methyl sites for hydroxylation is 1. The number of nitrogens with two attached hydrogens (primary N) is 1. The molecule has 2 rings (SSSR count). The molecule has 0 saturated carbocycles. The van der Waals surface area contributed by atoms with Crippen LogP contribution in [0.3, 0.4) is 0 Å². The first-order valence-corrected chi connectivity index (χ1v) is 7.25. The maximum atomic E-state index is 12.2. The smallest absolute Gasteiger partial charge is 0.224 e. The molecule has 1 aliphatic rings. The van der Waals surface area contributed by atoms with Gasteiger partial charge in [0.1, 0.15) is 0 Å². The molecule has 1 aromatic heterocycles. The Labute approximate surface area is 120 Å². The van der Waals surface area contributed by atoms with E-state index in [1.165, 1.54) is 0 Å². The summed E-state index contributed by atoms with van der Waals surface area (Å²) in [5, 5.41) is 4.16. The van der Waals surface area contributed by atoms with E-state index in [1.807, 2.05) is 31.4 Å². The highest BCUT2D eigenvalue weighted by Crippen LogP contribution is 2.13. The van der Waals surface area contributed by atoms with Crippen LogP contribution in [0.2, 0.25) is 0 Å². The number of aromatic nitrogens is 2. The van der Waals surface area contributed by atoms with E-state index >= 15 is 0 Å². The molecule has 1 fully saturated rings. The number of likely N-dealkylation sites (tertiary alicyclic amines) is 1. The number of likely N-dealkylation sites (N-methyl/N-ethyl adjacent to an activating group) is 1.